The summed E-state index contributed by atoms with van der Waals surface area (Å²) in [6, 6.07) is 8.55. The summed E-state index contributed by atoms with van der Waals surface area (Å²) in [5, 5.41) is 8.05. The SMILES string of the molecule is COc1cccc2c(N[C@@H]3CCNC3)ccnc12. The normalized spacial score (nSPS) is 19.1. The Kier molecular flexibility index (Phi) is 3.02. The molecule has 94 valence electrons. The predicted molar refractivity (Wildman–Crippen MR) is 73.2 cm³/mol. The molecule has 2 aromatic rings. The number of methoxy groups -OCH3 is 1. The fourth-order valence-corrected chi connectivity index (χ4v) is 2.44. The zero-order valence-electron chi connectivity index (χ0n) is 10.4. The third-order valence-corrected chi connectivity index (χ3v) is 3.37. The van der Waals surface area contributed by atoms with Gasteiger partial charge in [-0.05, 0) is 25.1 Å². The lowest BCUT2D eigenvalue weighted by Gasteiger charge is -2.15. The average molecular weight is 243 g/mol. The molecule has 3 rings (SSSR count). The number of pyridine rings is 1. The number of benzene rings is 1. The molecule has 1 atom stereocenters. The zero-order chi connectivity index (χ0) is 12.4. The summed E-state index contributed by atoms with van der Waals surface area (Å²) in [7, 11) is 1.68. The van der Waals surface area contributed by atoms with Crippen molar-refractivity contribution in [2.45, 2.75) is 12.5 Å². The van der Waals surface area contributed by atoms with Gasteiger partial charge in [-0.3, -0.25) is 4.98 Å². The van der Waals surface area contributed by atoms with E-state index in [1.807, 2.05) is 24.4 Å². The van der Waals surface area contributed by atoms with Crippen LogP contribution < -0.4 is 15.4 Å². The molecule has 4 nitrogen and oxygen atoms in total. The molecule has 1 aliphatic heterocycles. The second kappa shape index (κ2) is 4.82. The molecule has 2 N–H and O–H groups in total. The topological polar surface area (TPSA) is 46.2 Å². The van der Waals surface area contributed by atoms with Crippen LogP contribution in [0.4, 0.5) is 5.69 Å². The first-order chi connectivity index (χ1) is 8.88. The van der Waals surface area contributed by atoms with Crippen molar-refractivity contribution in [2.75, 3.05) is 25.5 Å². The molecule has 0 radical (unpaired) electrons. The highest BCUT2D eigenvalue weighted by atomic mass is 16.5. The van der Waals surface area contributed by atoms with Crippen molar-refractivity contribution in [3.63, 3.8) is 0 Å². The van der Waals surface area contributed by atoms with Gasteiger partial charge < -0.3 is 15.4 Å². The quantitative estimate of drug-likeness (QED) is 0.865. The number of rotatable bonds is 3. The Morgan fingerprint density at radius 2 is 2.33 bits per heavy atom. The summed E-state index contributed by atoms with van der Waals surface area (Å²) in [6.07, 6.45) is 2.99. The molecule has 1 aromatic heterocycles. The molecule has 18 heavy (non-hydrogen) atoms. The number of fused-ring (bicyclic) bond motifs is 1. The van der Waals surface area contributed by atoms with Gasteiger partial charge in [-0.1, -0.05) is 12.1 Å². The summed E-state index contributed by atoms with van der Waals surface area (Å²) in [6.45, 7) is 2.11. The second-order valence-corrected chi connectivity index (χ2v) is 4.55. The Bertz CT molecular complexity index is 550. The van der Waals surface area contributed by atoms with E-state index in [1.165, 1.54) is 0 Å². The minimum atomic E-state index is 0.502. The Balaban J connectivity index is 2.01. The van der Waals surface area contributed by atoms with Gasteiger partial charge in [0.25, 0.3) is 0 Å². The number of hydrogen-bond acceptors (Lipinski definition) is 4. The number of nitrogens with one attached hydrogen (secondary N) is 2. The Morgan fingerprint density at radius 3 is 3.11 bits per heavy atom. The number of ether oxygens (including phenoxy) is 1. The standard InChI is InChI=1S/C14H17N3O/c1-18-13-4-2-3-11-12(6-8-16-14(11)13)17-10-5-7-15-9-10/h2-4,6,8,10,15H,5,7,9H2,1H3,(H,16,17)/t10-/m1/s1. The van der Waals surface area contributed by atoms with Gasteiger partial charge in [-0.2, -0.15) is 0 Å². The van der Waals surface area contributed by atoms with Crippen LogP contribution in [0.15, 0.2) is 30.5 Å². The van der Waals surface area contributed by atoms with Crippen molar-refractivity contribution in [1.29, 1.82) is 0 Å². The monoisotopic (exact) mass is 243 g/mol. The average Bonchev–Trinajstić information content (AvgIpc) is 2.91. The Labute approximate surface area is 106 Å². The van der Waals surface area contributed by atoms with Gasteiger partial charge >= 0.3 is 0 Å². The highest BCUT2D eigenvalue weighted by Crippen LogP contribution is 2.29. The summed E-state index contributed by atoms with van der Waals surface area (Å²) >= 11 is 0. The minimum Gasteiger partial charge on any atom is -0.494 e. The first kappa shape index (κ1) is 11.3. The maximum absolute atomic E-state index is 5.35. The maximum Gasteiger partial charge on any atom is 0.145 e. The number of nitrogens with zero attached hydrogens (tertiary/aromatic N) is 1. The molecular formula is C14H17N3O. The molecular weight excluding hydrogens is 226 g/mol. The van der Waals surface area contributed by atoms with Crippen LogP contribution in [0, 0.1) is 0 Å². The van der Waals surface area contributed by atoms with Gasteiger partial charge in [-0.15, -0.1) is 0 Å². The van der Waals surface area contributed by atoms with Crippen LogP contribution >= 0.6 is 0 Å². The third-order valence-electron chi connectivity index (χ3n) is 3.37. The smallest absolute Gasteiger partial charge is 0.145 e. The number of aromatic nitrogens is 1. The molecule has 1 saturated heterocycles. The third kappa shape index (κ3) is 1.99. The van der Waals surface area contributed by atoms with E-state index in [9.17, 15) is 0 Å². The van der Waals surface area contributed by atoms with Crippen LogP contribution in [0.5, 0.6) is 5.75 Å². The lowest BCUT2D eigenvalue weighted by Crippen LogP contribution is -2.22. The van der Waals surface area contributed by atoms with Crippen molar-refractivity contribution < 1.29 is 4.74 Å². The number of anilines is 1. The van der Waals surface area contributed by atoms with E-state index in [0.717, 1.165) is 41.9 Å². The first-order valence-electron chi connectivity index (χ1n) is 6.27. The minimum absolute atomic E-state index is 0.502. The number of para-hydroxylation sites is 1. The summed E-state index contributed by atoms with van der Waals surface area (Å²) in [4.78, 5) is 4.41. The highest BCUT2D eigenvalue weighted by molar-refractivity contribution is 5.94. The molecule has 0 unspecified atom stereocenters. The van der Waals surface area contributed by atoms with Crippen molar-refractivity contribution in [3.8, 4) is 5.75 Å². The van der Waals surface area contributed by atoms with Gasteiger partial charge in [0, 0.05) is 29.9 Å². The van der Waals surface area contributed by atoms with Crippen molar-refractivity contribution in [2.24, 2.45) is 0 Å². The molecule has 0 amide bonds. The van der Waals surface area contributed by atoms with Crippen LogP contribution in [0.2, 0.25) is 0 Å². The number of hydrogen-bond donors (Lipinski definition) is 2. The van der Waals surface area contributed by atoms with Crippen molar-refractivity contribution >= 4 is 16.6 Å². The highest BCUT2D eigenvalue weighted by Gasteiger charge is 2.15. The maximum atomic E-state index is 5.35. The summed E-state index contributed by atoms with van der Waals surface area (Å²) in [5.74, 6) is 0.820. The first-order valence-corrected chi connectivity index (χ1v) is 6.27. The van der Waals surface area contributed by atoms with E-state index in [0.29, 0.717) is 6.04 Å². The Morgan fingerprint density at radius 1 is 1.39 bits per heavy atom. The van der Waals surface area contributed by atoms with E-state index in [-0.39, 0.29) is 0 Å². The van der Waals surface area contributed by atoms with Crippen LogP contribution in [-0.2, 0) is 0 Å². The van der Waals surface area contributed by atoms with Crippen LogP contribution in [0.1, 0.15) is 6.42 Å². The molecule has 0 spiro atoms. The molecule has 1 fully saturated rings. The summed E-state index contributed by atoms with van der Waals surface area (Å²) < 4.78 is 5.35. The lowest BCUT2D eigenvalue weighted by atomic mass is 10.1. The molecule has 0 bridgehead atoms. The van der Waals surface area contributed by atoms with E-state index in [2.05, 4.69) is 21.7 Å². The van der Waals surface area contributed by atoms with Crippen LogP contribution in [0.25, 0.3) is 10.9 Å². The van der Waals surface area contributed by atoms with E-state index >= 15 is 0 Å². The molecule has 1 aliphatic rings. The van der Waals surface area contributed by atoms with Gasteiger partial charge in [0.05, 0.1) is 7.11 Å². The molecule has 0 saturated carbocycles. The van der Waals surface area contributed by atoms with Crippen molar-refractivity contribution in [3.05, 3.63) is 30.5 Å². The second-order valence-electron chi connectivity index (χ2n) is 4.55. The largest absolute Gasteiger partial charge is 0.494 e. The lowest BCUT2D eigenvalue weighted by molar-refractivity contribution is 0.419. The van der Waals surface area contributed by atoms with Gasteiger partial charge in [0.1, 0.15) is 11.3 Å². The van der Waals surface area contributed by atoms with Gasteiger partial charge in [0.2, 0.25) is 0 Å². The van der Waals surface area contributed by atoms with E-state index in [1.54, 1.807) is 7.11 Å². The van der Waals surface area contributed by atoms with Crippen LogP contribution in [-0.4, -0.2) is 31.2 Å². The van der Waals surface area contributed by atoms with E-state index in [4.69, 9.17) is 4.74 Å². The predicted octanol–water partition coefficient (Wildman–Crippen LogP) is 2.02. The fraction of sp³-hybridized carbons (Fsp3) is 0.357. The van der Waals surface area contributed by atoms with Gasteiger partial charge in [-0.25, -0.2) is 0 Å². The summed E-state index contributed by atoms with van der Waals surface area (Å²) in [5.41, 5.74) is 2.04. The van der Waals surface area contributed by atoms with E-state index < -0.39 is 0 Å². The van der Waals surface area contributed by atoms with Crippen molar-refractivity contribution in [1.82, 2.24) is 10.3 Å². The molecule has 4 heteroatoms. The fourth-order valence-electron chi connectivity index (χ4n) is 2.44. The van der Waals surface area contributed by atoms with Gasteiger partial charge in [0.15, 0.2) is 0 Å². The zero-order valence-corrected chi connectivity index (χ0v) is 10.4. The van der Waals surface area contributed by atoms with Crippen LogP contribution in [0.3, 0.4) is 0 Å². The molecule has 0 aliphatic carbocycles. The Hall–Kier alpha value is -1.81. The molecule has 1 aromatic carbocycles. The molecule has 2 heterocycles.